The lowest BCUT2D eigenvalue weighted by molar-refractivity contribution is 0.0196. The van der Waals surface area contributed by atoms with Crippen LogP contribution in [0, 0.1) is 5.82 Å². The lowest BCUT2D eigenvalue weighted by Crippen LogP contribution is -2.53. The number of likely N-dealkylation sites (tertiary alicyclic amines) is 1. The minimum absolute atomic E-state index is 0.129. The number of nitrogens with zero attached hydrogens (tertiary/aromatic N) is 7. The van der Waals surface area contributed by atoms with Crippen LogP contribution in [-0.4, -0.2) is 66.6 Å². The molecule has 6 rings (SSSR count). The van der Waals surface area contributed by atoms with E-state index in [4.69, 9.17) is 4.74 Å². The van der Waals surface area contributed by atoms with Crippen LogP contribution in [0.5, 0.6) is 0 Å². The standard InChI is InChI=1S/C29H27BrFN7O3S/c1-29(2,3)41-28(40)36-13-5-6-18(15-36)37(26-24-20(30)16-42-23(24)10-12-33-26)27(39)19-9-8-17(14-21(19)31)38-25-22(34-35-38)7-4-11-32-25/h4,7-12,14,16,18H,5-6,13,15H2,1-3H3/t18-/m1/s1. The molecule has 1 atom stereocenters. The van der Waals surface area contributed by atoms with Gasteiger partial charge in [0.25, 0.3) is 5.91 Å². The van der Waals surface area contributed by atoms with Gasteiger partial charge in [-0.3, -0.25) is 9.69 Å². The fraction of sp³-hybridized carbons (Fsp3) is 0.310. The van der Waals surface area contributed by atoms with Crippen LogP contribution in [0.25, 0.3) is 26.9 Å². The maximum Gasteiger partial charge on any atom is 0.410 e. The first kappa shape index (κ1) is 28.2. The first-order chi connectivity index (χ1) is 20.1. The van der Waals surface area contributed by atoms with Crippen molar-refractivity contribution in [2.75, 3.05) is 18.0 Å². The van der Waals surface area contributed by atoms with Crippen LogP contribution in [0.4, 0.5) is 15.0 Å². The zero-order valence-corrected chi connectivity index (χ0v) is 25.5. The average Bonchev–Trinajstić information content (AvgIpc) is 3.56. The van der Waals surface area contributed by atoms with Crippen molar-refractivity contribution in [2.45, 2.75) is 45.3 Å². The molecule has 0 N–H and O–H groups in total. The molecule has 5 heterocycles. The summed E-state index contributed by atoms with van der Waals surface area (Å²) in [5.74, 6) is -0.884. The molecule has 13 heteroatoms. The number of amides is 2. The van der Waals surface area contributed by atoms with Crippen molar-refractivity contribution in [1.29, 1.82) is 0 Å². The smallest absolute Gasteiger partial charge is 0.410 e. The molecule has 0 bridgehead atoms. The summed E-state index contributed by atoms with van der Waals surface area (Å²) in [5.41, 5.74) is 0.628. The van der Waals surface area contributed by atoms with Gasteiger partial charge in [0.15, 0.2) is 5.65 Å². The normalized spacial score (nSPS) is 15.7. The van der Waals surface area contributed by atoms with Crippen LogP contribution in [0.15, 0.2) is 58.6 Å². The molecule has 5 aromatic rings. The zero-order chi connectivity index (χ0) is 29.6. The molecule has 0 unspecified atom stereocenters. The van der Waals surface area contributed by atoms with Crippen LogP contribution in [0.3, 0.4) is 0 Å². The number of pyridine rings is 2. The van der Waals surface area contributed by atoms with Gasteiger partial charge in [-0.05, 0) is 79.9 Å². The van der Waals surface area contributed by atoms with Gasteiger partial charge in [0, 0.05) is 51.5 Å². The maximum atomic E-state index is 15.8. The fourth-order valence-corrected chi connectivity index (χ4v) is 6.69. The van der Waals surface area contributed by atoms with E-state index < -0.39 is 29.5 Å². The van der Waals surface area contributed by atoms with Gasteiger partial charge >= 0.3 is 6.09 Å². The van der Waals surface area contributed by atoms with E-state index in [1.54, 1.807) is 35.5 Å². The van der Waals surface area contributed by atoms with E-state index in [0.29, 0.717) is 42.1 Å². The Morgan fingerprint density at radius 1 is 1.17 bits per heavy atom. The molecule has 1 saturated heterocycles. The number of benzene rings is 1. The molecular weight excluding hydrogens is 625 g/mol. The number of ether oxygens (including phenoxy) is 1. The second-order valence-electron chi connectivity index (χ2n) is 11.0. The summed E-state index contributed by atoms with van der Waals surface area (Å²) in [4.78, 5) is 39.3. The number of carbonyl (C=O) groups is 2. The van der Waals surface area contributed by atoms with E-state index in [0.717, 1.165) is 14.6 Å². The predicted octanol–water partition coefficient (Wildman–Crippen LogP) is 6.37. The Morgan fingerprint density at radius 2 is 2.00 bits per heavy atom. The molecule has 0 aliphatic carbocycles. The molecule has 216 valence electrons. The molecule has 2 amide bonds. The Morgan fingerprint density at radius 3 is 2.79 bits per heavy atom. The van der Waals surface area contributed by atoms with E-state index in [9.17, 15) is 9.59 Å². The van der Waals surface area contributed by atoms with Gasteiger partial charge in [-0.15, -0.1) is 16.4 Å². The molecule has 1 aromatic carbocycles. The Labute approximate surface area is 253 Å². The Hall–Kier alpha value is -3.97. The van der Waals surface area contributed by atoms with Crippen LogP contribution >= 0.6 is 27.3 Å². The van der Waals surface area contributed by atoms with Gasteiger partial charge in [0.2, 0.25) is 0 Å². The lowest BCUT2D eigenvalue weighted by atomic mass is 10.0. The Balaban J connectivity index is 1.40. The van der Waals surface area contributed by atoms with Crippen molar-refractivity contribution < 1.29 is 18.7 Å². The first-order valence-electron chi connectivity index (χ1n) is 13.4. The minimum Gasteiger partial charge on any atom is -0.444 e. The van der Waals surface area contributed by atoms with E-state index in [-0.39, 0.29) is 12.1 Å². The van der Waals surface area contributed by atoms with Gasteiger partial charge in [0.1, 0.15) is 22.8 Å². The van der Waals surface area contributed by atoms with Gasteiger partial charge in [-0.2, -0.15) is 4.68 Å². The van der Waals surface area contributed by atoms with E-state index in [1.807, 2.05) is 32.2 Å². The van der Waals surface area contributed by atoms with Crippen LogP contribution in [0.2, 0.25) is 0 Å². The third kappa shape index (κ3) is 5.34. The number of carbonyl (C=O) groups excluding carboxylic acids is 2. The quantitative estimate of drug-likeness (QED) is 0.222. The number of halogens is 2. The summed E-state index contributed by atoms with van der Waals surface area (Å²) >= 11 is 5.11. The minimum atomic E-state index is -0.724. The highest BCUT2D eigenvalue weighted by molar-refractivity contribution is 9.10. The number of hydrogen-bond donors (Lipinski definition) is 0. The van der Waals surface area contributed by atoms with Gasteiger partial charge in [0.05, 0.1) is 17.3 Å². The van der Waals surface area contributed by atoms with Gasteiger partial charge in [-0.1, -0.05) is 5.21 Å². The van der Waals surface area contributed by atoms with Crippen LogP contribution < -0.4 is 4.90 Å². The number of aromatic nitrogens is 5. The lowest BCUT2D eigenvalue weighted by Gasteiger charge is -2.39. The number of thiophene rings is 1. The molecule has 10 nitrogen and oxygen atoms in total. The second kappa shape index (κ2) is 11.0. The second-order valence-corrected chi connectivity index (χ2v) is 12.8. The highest BCUT2D eigenvalue weighted by Gasteiger charge is 2.36. The number of anilines is 1. The highest BCUT2D eigenvalue weighted by atomic mass is 79.9. The summed E-state index contributed by atoms with van der Waals surface area (Å²) in [6.07, 6.45) is 4.03. The van der Waals surface area contributed by atoms with Crippen molar-refractivity contribution >= 4 is 66.3 Å². The van der Waals surface area contributed by atoms with Crippen molar-refractivity contribution in [3.05, 3.63) is 70.0 Å². The SMILES string of the molecule is CC(C)(C)OC(=O)N1CCC[C@@H](N(C(=O)c2ccc(-n3nnc4cccnc43)cc2F)c2nccc3scc(Br)c23)C1. The molecular formula is C29H27BrFN7O3S. The summed E-state index contributed by atoms with van der Waals surface area (Å²) in [6, 6.07) is 9.21. The predicted molar refractivity (Wildman–Crippen MR) is 162 cm³/mol. The van der Waals surface area contributed by atoms with E-state index in [1.165, 1.54) is 33.1 Å². The monoisotopic (exact) mass is 651 g/mol. The topological polar surface area (TPSA) is 106 Å². The number of rotatable bonds is 4. The van der Waals surface area contributed by atoms with Crippen molar-refractivity contribution in [1.82, 2.24) is 29.9 Å². The van der Waals surface area contributed by atoms with Crippen molar-refractivity contribution in [3.63, 3.8) is 0 Å². The summed E-state index contributed by atoms with van der Waals surface area (Å²) < 4.78 is 24.6. The summed E-state index contributed by atoms with van der Waals surface area (Å²) in [6.45, 7) is 6.15. The Kier molecular flexibility index (Phi) is 7.39. The number of piperidine rings is 1. The molecule has 1 fully saturated rings. The average molecular weight is 653 g/mol. The molecule has 1 aliphatic heterocycles. The molecule has 4 aromatic heterocycles. The Bertz CT molecular complexity index is 1820. The molecule has 0 radical (unpaired) electrons. The molecule has 1 aliphatic rings. The highest BCUT2D eigenvalue weighted by Crippen LogP contribution is 2.38. The molecule has 0 saturated carbocycles. The van der Waals surface area contributed by atoms with Crippen LogP contribution in [-0.2, 0) is 4.74 Å². The van der Waals surface area contributed by atoms with Crippen LogP contribution in [0.1, 0.15) is 44.0 Å². The summed E-state index contributed by atoms with van der Waals surface area (Å²) in [7, 11) is 0. The third-order valence-corrected chi connectivity index (χ3v) is 8.79. The first-order valence-corrected chi connectivity index (χ1v) is 15.1. The van der Waals surface area contributed by atoms with Crippen molar-refractivity contribution in [3.8, 4) is 5.69 Å². The molecule has 42 heavy (non-hydrogen) atoms. The third-order valence-electron chi connectivity index (χ3n) is 6.92. The fourth-order valence-electron chi connectivity index (χ4n) is 5.08. The van der Waals surface area contributed by atoms with E-state index in [2.05, 4.69) is 36.2 Å². The maximum absolute atomic E-state index is 15.8. The van der Waals surface area contributed by atoms with Gasteiger partial charge in [-0.25, -0.2) is 19.2 Å². The number of fused-ring (bicyclic) bond motifs is 2. The number of hydrogen-bond acceptors (Lipinski definition) is 8. The molecule has 0 spiro atoms. The summed E-state index contributed by atoms with van der Waals surface area (Å²) in [5, 5.41) is 10.9. The van der Waals surface area contributed by atoms with Crippen molar-refractivity contribution in [2.24, 2.45) is 0 Å². The van der Waals surface area contributed by atoms with E-state index >= 15 is 4.39 Å². The van der Waals surface area contributed by atoms with Gasteiger partial charge < -0.3 is 9.64 Å². The largest absolute Gasteiger partial charge is 0.444 e. The zero-order valence-electron chi connectivity index (χ0n) is 23.1.